The highest BCUT2D eigenvalue weighted by molar-refractivity contribution is 7.80. The van der Waals surface area contributed by atoms with E-state index in [9.17, 15) is 0 Å². The molecule has 2 aromatic heterocycles. The van der Waals surface area contributed by atoms with Crippen LogP contribution in [0.5, 0.6) is 0 Å². The summed E-state index contributed by atoms with van der Waals surface area (Å²) in [4.78, 5) is 4.78. The minimum Gasteiger partial charge on any atom is -0.388 e. The molecular formula is C11H11N3S. The third kappa shape index (κ3) is 1.89. The van der Waals surface area contributed by atoms with Crippen molar-refractivity contribution < 1.29 is 0 Å². The molecule has 2 rings (SSSR count). The van der Waals surface area contributed by atoms with Crippen LogP contribution in [0.1, 0.15) is 11.4 Å². The van der Waals surface area contributed by atoms with Crippen LogP contribution in [-0.2, 0) is 0 Å². The Morgan fingerprint density at radius 3 is 2.80 bits per heavy atom. The van der Waals surface area contributed by atoms with Crippen molar-refractivity contribution in [1.82, 2.24) is 9.55 Å². The number of hydrogen-bond acceptors (Lipinski definition) is 2. The minimum atomic E-state index is 0.378. The summed E-state index contributed by atoms with van der Waals surface area (Å²) in [6.45, 7) is 1.95. The molecule has 0 saturated heterocycles. The zero-order chi connectivity index (χ0) is 10.8. The molecule has 3 nitrogen and oxygen atoms in total. The first-order valence-electron chi connectivity index (χ1n) is 4.59. The summed E-state index contributed by atoms with van der Waals surface area (Å²) in [7, 11) is 0. The second-order valence-electron chi connectivity index (χ2n) is 3.26. The second kappa shape index (κ2) is 3.82. The predicted molar refractivity (Wildman–Crippen MR) is 64.2 cm³/mol. The van der Waals surface area contributed by atoms with Gasteiger partial charge in [-0.3, -0.25) is 4.57 Å². The van der Waals surface area contributed by atoms with Gasteiger partial charge in [0, 0.05) is 11.9 Å². The summed E-state index contributed by atoms with van der Waals surface area (Å²) >= 11 is 4.97. The lowest BCUT2D eigenvalue weighted by atomic mass is 10.3. The average molecular weight is 217 g/mol. The molecule has 76 valence electrons. The van der Waals surface area contributed by atoms with Gasteiger partial charge in [0.2, 0.25) is 0 Å². The Bertz CT molecular complexity index is 502. The number of rotatable bonds is 2. The largest absolute Gasteiger partial charge is 0.388 e. The predicted octanol–water partition coefficient (Wildman–Crippen LogP) is 1.81. The van der Waals surface area contributed by atoms with Crippen LogP contribution >= 0.6 is 12.2 Å². The summed E-state index contributed by atoms with van der Waals surface area (Å²) in [5.41, 5.74) is 7.39. The van der Waals surface area contributed by atoms with Crippen LogP contribution < -0.4 is 5.73 Å². The molecule has 0 bridgehead atoms. The first-order valence-corrected chi connectivity index (χ1v) is 5.00. The Kier molecular flexibility index (Phi) is 2.51. The molecule has 2 N–H and O–H groups in total. The van der Waals surface area contributed by atoms with Gasteiger partial charge in [0.05, 0.1) is 5.69 Å². The summed E-state index contributed by atoms with van der Waals surface area (Å²) in [6.07, 6.45) is 1.90. The fourth-order valence-electron chi connectivity index (χ4n) is 1.44. The normalized spacial score (nSPS) is 10.2. The zero-order valence-corrected chi connectivity index (χ0v) is 9.16. The third-order valence-electron chi connectivity index (χ3n) is 2.12. The number of aryl methyl sites for hydroxylation is 1. The molecule has 2 heterocycles. The molecule has 0 fully saturated rings. The van der Waals surface area contributed by atoms with Crippen molar-refractivity contribution in [3.63, 3.8) is 0 Å². The third-order valence-corrected chi connectivity index (χ3v) is 2.33. The Morgan fingerprint density at radius 1 is 1.33 bits per heavy atom. The molecule has 2 aromatic rings. The molecule has 0 aliphatic carbocycles. The van der Waals surface area contributed by atoms with E-state index in [-0.39, 0.29) is 0 Å². The molecule has 0 atom stereocenters. The van der Waals surface area contributed by atoms with Gasteiger partial charge in [-0.05, 0) is 31.2 Å². The van der Waals surface area contributed by atoms with Crippen LogP contribution in [0.15, 0.2) is 36.5 Å². The van der Waals surface area contributed by atoms with Crippen molar-refractivity contribution in [2.75, 3.05) is 0 Å². The molecule has 4 heteroatoms. The van der Waals surface area contributed by atoms with Crippen LogP contribution in [0.25, 0.3) is 5.82 Å². The second-order valence-corrected chi connectivity index (χ2v) is 3.70. The van der Waals surface area contributed by atoms with Crippen molar-refractivity contribution in [1.29, 1.82) is 0 Å². The Morgan fingerprint density at radius 2 is 2.13 bits per heavy atom. The van der Waals surface area contributed by atoms with Crippen molar-refractivity contribution in [2.24, 2.45) is 5.73 Å². The van der Waals surface area contributed by atoms with E-state index in [1.54, 1.807) is 0 Å². The summed E-state index contributed by atoms with van der Waals surface area (Å²) in [6, 6.07) is 9.62. The Labute approximate surface area is 93.6 Å². The van der Waals surface area contributed by atoms with Crippen LogP contribution in [0.2, 0.25) is 0 Å². The summed E-state index contributed by atoms with van der Waals surface area (Å²) < 4.78 is 1.88. The number of thiocarbonyl (C=S) groups is 1. The van der Waals surface area contributed by atoms with E-state index in [0.29, 0.717) is 4.99 Å². The van der Waals surface area contributed by atoms with Crippen molar-refractivity contribution in [3.8, 4) is 5.82 Å². The molecule has 0 aliphatic heterocycles. The van der Waals surface area contributed by atoms with E-state index in [2.05, 4.69) is 4.98 Å². The van der Waals surface area contributed by atoms with Crippen molar-refractivity contribution in [2.45, 2.75) is 6.92 Å². The summed E-state index contributed by atoms with van der Waals surface area (Å²) in [5, 5.41) is 0. The molecule has 0 saturated carbocycles. The minimum absolute atomic E-state index is 0.378. The zero-order valence-electron chi connectivity index (χ0n) is 8.34. The molecule has 0 aliphatic rings. The number of nitrogens with zero attached hydrogens (tertiary/aromatic N) is 2. The maximum Gasteiger partial charge on any atom is 0.137 e. The fraction of sp³-hybridized carbons (Fsp3) is 0.0909. The number of pyridine rings is 1. The number of hydrogen-bond donors (Lipinski definition) is 1. The quantitative estimate of drug-likeness (QED) is 0.780. The fourth-order valence-corrected chi connectivity index (χ4v) is 1.61. The van der Waals surface area contributed by atoms with Gasteiger partial charge in [-0.1, -0.05) is 18.3 Å². The number of aromatic nitrogens is 2. The van der Waals surface area contributed by atoms with E-state index in [1.165, 1.54) is 0 Å². The van der Waals surface area contributed by atoms with Gasteiger partial charge in [-0.2, -0.15) is 0 Å². The van der Waals surface area contributed by atoms with Crippen molar-refractivity contribution >= 4 is 17.2 Å². The lowest BCUT2D eigenvalue weighted by Crippen LogP contribution is -2.15. The first kappa shape index (κ1) is 9.86. The number of nitrogens with two attached hydrogens (primary N) is 1. The lowest BCUT2D eigenvalue weighted by molar-refractivity contribution is 0.978. The monoisotopic (exact) mass is 217 g/mol. The van der Waals surface area contributed by atoms with Gasteiger partial charge in [-0.15, -0.1) is 0 Å². The van der Waals surface area contributed by atoms with E-state index >= 15 is 0 Å². The standard InChI is InChI=1S/C11H11N3S/c1-8-4-2-6-10(13-8)14-7-3-5-9(14)11(12)15/h2-7H,1H3,(H2,12,15). The first-order chi connectivity index (χ1) is 7.18. The highest BCUT2D eigenvalue weighted by Gasteiger charge is 2.05. The highest BCUT2D eigenvalue weighted by Crippen LogP contribution is 2.10. The van der Waals surface area contributed by atoms with Gasteiger partial charge in [-0.25, -0.2) is 4.98 Å². The highest BCUT2D eigenvalue weighted by atomic mass is 32.1. The maximum atomic E-state index is 5.62. The molecule has 0 aromatic carbocycles. The average Bonchev–Trinajstić information content (AvgIpc) is 2.65. The van der Waals surface area contributed by atoms with Gasteiger partial charge < -0.3 is 5.73 Å². The Balaban J connectivity index is 2.54. The molecule has 0 spiro atoms. The SMILES string of the molecule is Cc1cccc(-n2cccc2C(N)=S)n1. The van der Waals surface area contributed by atoms with Gasteiger partial charge >= 0.3 is 0 Å². The van der Waals surface area contributed by atoms with Gasteiger partial charge in [0.25, 0.3) is 0 Å². The lowest BCUT2D eigenvalue weighted by Gasteiger charge is -2.07. The molecule has 0 radical (unpaired) electrons. The Hall–Kier alpha value is -1.68. The van der Waals surface area contributed by atoms with Crippen LogP contribution in [0, 0.1) is 6.92 Å². The maximum absolute atomic E-state index is 5.62. The molecular weight excluding hydrogens is 206 g/mol. The van der Waals surface area contributed by atoms with E-state index in [4.69, 9.17) is 18.0 Å². The van der Waals surface area contributed by atoms with E-state index < -0.39 is 0 Å². The van der Waals surface area contributed by atoms with Crippen molar-refractivity contribution in [3.05, 3.63) is 47.9 Å². The summed E-state index contributed by atoms with van der Waals surface area (Å²) in [5.74, 6) is 0.836. The van der Waals surface area contributed by atoms with Gasteiger partial charge in [0.1, 0.15) is 10.8 Å². The van der Waals surface area contributed by atoms with Crippen LogP contribution in [0.3, 0.4) is 0 Å². The van der Waals surface area contributed by atoms with Crippen LogP contribution in [0.4, 0.5) is 0 Å². The molecule has 15 heavy (non-hydrogen) atoms. The topological polar surface area (TPSA) is 43.8 Å². The smallest absolute Gasteiger partial charge is 0.137 e. The van der Waals surface area contributed by atoms with Gasteiger partial charge in [0.15, 0.2) is 0 Å². The van der Waals surface area contributed by atoms with E-state index in [1.807, 2.05) is 48.0 Å². The molecule has 0 unspecified atom stereocenters. The van der Waals surface area contributed by atoms with E-state index in [0.717, 1.165) is 17.2 Å². The van der Waals surface area contributed by atoms with Crippen LogP contribution in [-0.4, -0.2) is 14.5 Å². The molecule has 0 amide bonds.